The van der Waals surface area contributed by atoms with Crippen molar-refractivity contribution in [3.8, 4) is 0 Å². The van der Waals surface area contributed by atoms with Crippen LogP contribution in [0.3, 0.4) is 0 Å². The maximum atomic E-state index is 3.53. The van der Waals surface area contributed by atoms with Crippen LogP contribution in [0.2, 0.25) is 0 Å². The van der Waals surface area contributed by atoms with Crippen molar-refractivity contribution < 1.29 is 0 Å². The minimum atomic E-state index is 0.710. The Morgan fingerprint density at radius 1 is 1.47 bits per heavy atom. The Morgan fingerprint density at radius 2 is 2.29 bits per heavy atom. The molecular formula is C14H21BrN2. The van der Waals surface area contributed by atoms with Crippen molar-refractivity contribution >= 4 is 21.6 Å². The topological polar surface area (TPSA) is 15.3 Å². The van der Waals surface area contributed by atoms with Gasteiger partial charge in [0.25, 0.3) is 0 Å². The Balaban J connectivity index is 2.14. The molecule has 0 bridgehead atoms. The molecule has 0 radical (unpaired) electrons. The molecule has 0 aliphatic carbocycles. The minimum Gasteiger partial charge on any atom is -0.368 e. The van der Waals surface area contributed by atoms with E-state index in [1.54, 1.807) is 0 Å². The van der Waals surface area contributed by atoms with E-state index < -0.39 is 0 Å². The van der Waals surface area contributed by atoms with Crippen molar-refractivity contribution in [3.05, 3.63) is 28.2 Å². The van der Waals surface area contributed by atoms with Crippen molar-refractivity contribution in [2.75, 3.05) is 25.0 Å². The number of nitrogens with zero attached hydrogens (tertiary/aromatic N) is 1. The van der Waals surface area contributed by atoms with Gasteiger partial charge in [-0.15, -0.1) is 0 Å². The molecule has 2 rings (SSSR count). The molecule has 1 saturated heterocycles. The summed E-state index contributed by atoms with van der Waals surface area (Å²) in [6.07, 6.45) is 3.90. The van der Waals surface area contributed by atoms with Crippen LogP contribution in [0.4, 0.5) is 5.69 Å². The molecule has 1 aliphatic rings. The number of hydrogen-bond donors (Lipinski definition) is 1. The average molecular weight is 297 g/mol. The molecule has 1 fully saturated rings. The molecule has 1 aromatic rings. The van der Waals surface area contributed by atoms with Gasteiger partial charge >= 0.3 is 0 Å². The van der Waals surface area contributed by atoms with E-state index in [9.17, 15) is 0 Å². The third kappa shape index (κ3) is 3.02. The molecule has 1 aliphatic heterocycles. The van der Waals surface area contributed by atoms with E-state index in [1.165, 1.54) is 41.5 Å². The fourth-order valence-corrected chi connectivity index (χ4v) is 3.18. The van der Waals surface area contributed by atoms with Gasteiger partial charge in [0.15, 0.2) is 0 Å². The molecule has 0 aromatic heterocycles. The van der Waals surface area contributed by atoms with Gasteiger partial charge in [-0.3, -0.25) is 0 Å². The van der Waals surface area contributed by atoms with E-state index in [1.807, 2.05) is 7.05 Å². The van der Waals surface area contributed by atoms with Crippen molar-refractivity contribution in [1.82, 2.24) is 5.32 Å². The van der Waals surface area contributed by atoms with Crippen LogP contribution >= 0.6 is 15.9 Å². The number of anilines is 1. The molecule has 1 heterocycles. The molecule has 1 aromatic carbocycles. The van der Waals surface area contributed by atoms with E-state index in [0.717, 1.165) is 6.54 Å². The maximum absolute atomic E-state index is 3.53. The van der Waals surface area contributed by atoms with Gasteiger partial charge in [0.1, 0.15) is 0 Å². The maximum Gasteiger partial charge on any atom is 0.0399 e. The van der Waals surface area contributed by atoms with Gasteiger partial charge in [0.05, 0.1) is 0 Å². The predicted octanol–water partition coefficient (Wildman–Crippen LogP) is 3.34. The van der Waals surface area contributed by atoms with E-state index in [-0.39, 0.29) is 0 Å². The lowest BCUT2D eigenvalue weighted by atomic mass is 10.1. The van der Waals surface area contributed by atoms with Crippen LogP contribution < -0.4 is 10.2 Å². The number of hydrogen-bond acceptors (Lipinski definition) is 2. The van der Waals surface area contributed by atoms with Crippen LogP contribution in [0.5, 0.6) is 0 Å². The zero-order valence-electron chi connectivity index (χ0n) is 10.7. The first kappa shape index (κ1) is 12.9. The third-order valence-electron chi connectivity index (χ3n) is 3.57. The lowest BCUT2D eigenvalue weighted by Crippen LogP contribution is -2.32. The molecular weight excluding hydrogens is 276 g/mol. The first-order valence-electron chi connectivity index (χ1n) is 6.40. The van der Waals surface area contributed by atoms with Gasteiger partial charge in [-0.1, -0.05) is 15.9 Å². The number of aryl methyl sites for hydroxylation is 1. The molecule has 1 N–H and O–H groups in total. The molecule has 1 unspecified atom stereocenters. The summed E-state index contributed by atoms with van der Waals surface area (Å²) in [4.78, 5) is 2.58. The smallest absolute Gasteiger partial charge is 0.0399 e. The molecule has 2 nitrogen and oxygen atoms in total. The normalized spacial score (nSPS) is 19.9. The number of nitrogens with one attached hydrogen (secondary N) is 1. The first-order valence-corrected chi connectivity index (χ1v) is 7.19. The lowest BCUT2D eigenvalue weighted by Gasteiger charge is -2.28. The highest BCUT2D eigenvalue weighted by molar-refractivity contribution is 9.10. The zero-order chi connectivity index (χ0) is 12.3. The molecule has 0 saturated carbocycles. The summed E-state index contributed by atoms with van der Waals surface area (Å²) in [5.41, 5.74) is 2.78. The summed E-state index contributed by atoms with van der Waals surface area (Å²) in [5, 5.41) is 3.26. The number of benzene rings is 1. The Labute approximate surface area is 113 Å². The van der Waals surface area contributed by atoms with Crippen LogP contribution in [0.25, 0.3) is 0 Å². The second-order valence-electron chi connectivity index (χ2n) is 4.81. The summed E-state index contributed by atoms with van der Waals surface area (Å²) >= 11 is 3.53. The van der Waals surface area contributed by atoms with Crippen molar-refractivity contribution in [3.63, 3.8) is 0 Å². The van der Waals surface area contributed by atoms with Gasteiger partial charge in [-0.05, 0) is 63.5 Å². The van der Waals surface area contributed by atoms with Gasteiger partial charge in [-0.2, -0.15) is 0 Å². The SMILES string of the molecule is CNCCC1CCCN1c1ccc(Br)cc1C. The monoisotopic (exact) mass is 296 g/mol. The van der Waals surface area contributed by atoms with Crippen molar-refractivity contribution in [2.45, 2.75) is 32.2 Å². The van der Waals surface area contributed by atoms with Crippen LogP contribution in [0.1, 0.15) is 24.8 Å². The zero-order valence-corrected chi connectivity index (χ0v) is 12.3. The standard InChI is InChI=1S/C14H21BrN2/c1-11-10-12(15)5-6-14(11)17-9-3-4-13(17)7-8-16-2/h5-6,10,13,16H,3-4,7-9H2,1-2H3. The summed E-state index contributed by atoms with van der Waals surface area (Å²) < 4.78 is 1.17. The van der Waals surface area contributed by atoms with Gasteiger partial charge in [0, 0.05) is 22.7 Å². The highest BCUT2D eigenvalue weighted by atomic mass is 79.9. The first-order chi connectivity index (χ1) is 8.22. The van der Waals surface area contributed by atoms with E-state index >= 15 is 0 Å². The number of halogens is 1. The lowest BCUT2D eigenvalue weighted by molar-refractivity contribution is 0.585. The van der Waals surface area contributed by atoms with E-state index in [0.29, 0.717) is 6.04 Å². The summed E-state index contributed by atoms with van der Waals surface area (Å²) in [6.45, 7) is 4.52. The van der Waals surface area contributed by atoms with E-state index in [2.05, 4.69) is 51.3 Å². The summed E-state index contributed by atoms with van der Waals surface area (Å²) in [5.74, 6) is 0. The Morgan fingerprint density at radius 3 is 3.00 bits per heavy atom. The summed E-state index contributed by atoms with van der Waals surface area (Å²) in [6, 6.07) is 7.32. The van der Waals surface area contributed by atoms with Gasteiger partial charge in [0.2, 0.25) is 0 Å². The van der Waals surface area contributed by atoms with Crippen LogP contribution in [-0.4, -0.2) is 26.2 Å². The second-order valence-corrected chi connectivity index (χ2v) is 5.73. The van der Waals surface area contributed by atoms with Gasteiger partial charge in [-0.25, -0.2) is 0 Å². The number of rotatable bonds is 4. The molecule has 94 valence electrons. The minimum absolute atomic E-state index is 0.710. The summed E-state index contributed by atoms with van der Waals surface area (Å²) in [7, 11) is 2.03. The Kier molecular flexibility index (Phi) is 4.46. The predicted molar refractivity (Wildman–Crippen MR) is 77.8 cm³/mol. The average Bonchev–Trinajstić information content (AvgIpc) is 2.74. The fourth-order valence-electron chi connectivity index (χ4n) is 2.71. The van der Waals surface area contributed by atoms with Crippen molar-refractivity contribution in [1.29, 1.82) is 0 Å². The van der Waals surface area contributed by atoms with Crippen LogP contribution in [-0.2, 0) is 0 Å². The van der Waals surface area contributed by atoms with Gasteiger partial charge < -0.3 is 10.2 Å². The quantitative estimate of drug-likeness (QED) is 0.917. The molecule has 0 spiro atoms. The van der Waals surface area contributed by atoms with E-state index in [4.69, 9.17) is 0 Å². The van der Waals surface area contributed by atoms with Crippen LogP contribution in [0.15, 0.2) is 22.7 Å². The molecule has 0 amide bonds. The highest BCUT2D eigenvalue weighted by Gasteiger charge is 2.24. The molecule has 3 heteroatoms. The Hall–Kier alpha value is -0.540. The second kappa shape index (κ2) is 5.87. The molecule has 17 heavy (non-hydrogen) atoms. The Bertz CT molecular complexity index is 378. The fraction of sp³-hybridized carbons (Fsp3) is 0.571. The molecule has 1 atom stereocenters. The van der Waals surface area contributed by atoms with Crippen LogP contribution in [0, 0.1) is 6.92 Å². The largest absolute Gasteiger partial charge is 0.368 e. The highest BCUT2D eigenvalue weighted by Crippen LogP contribution is 2.31. The third-order valence-corrected chi connectivity index (χ3v) is 4.07. The van der Waals surface area contributed by atoms with Crippen molar-refractivity contribution in [2.24, 2.45) is 0 Å².